The van der Waals surface area contributed by atoms with Gasteiger partial charge in [0.2, 0.25) is 0 Å². The van der Waals surface area contributed by atoms with Gasteiger partial charge in [0.25, 0.3) is 0 Å². The SMILES string of the molecule is COc1ccc2nc3c(nc2c1)N(c1c(C(C)C)cccc1C(C)C)/C(=C\C=C1C(=O)c2cc4ccccc4cc2C1=O)N3c1c(C(C)C)cccc1C(C)C. The predicted octanol–water partition coefficient (Wildman–Crippen LogP) is 12.4. The summed E-state index contributed by atoms with van der Waals surface area (Å²) in [6, 6.07) is 30.3. The van der Waals surface area contributed by atoms with Crippen LogP contribution in [0.2, 0.25) is 0 Å². The highest BCUT2D eigenvalue weighted by Gasteiger charge is 2.42. The second kappa shape index (κ2) is 14.2. The maximum absolute atomic E-state index is 14.2. The first-order chi connectivity index (χ1) is 26.9. The molecule has 0 saturated heterocycles. The van der Waals surface area contributed by atoms with Gasteiger partial charge >= 0.3 is 0 Å². The molecule has 5 aromatic carbocycles. The molecule has 0 fully saturated rings. The van der Waals surface area contributed by atoms with E-state index in [0.29, 0.717) is 34.0 Å². The molecule has 282 valence electrons. The van der Waals surface area contributed by atoms with Crippen LogP contribution in [0.1, 0.15) is 122 Å². The van der Waals surface area contributed by atoms with E-state index in [1.54, 1.807) is 13.2 Å². The van der Waals surface area contributed by atoms with Gasteiger partial charge in [-0.25, -0.2) is 9.97 Å². The lowest BCUT2D eigenvalue weighted by Gasteiger charge is -2.32. The third-order valence-electron chi connectivity index (χ3n) is 11.1. The Morgan fingerprint density at radius 2 is 0.982 bits per heavy atom. The normalized spacial score (nSPS) is 14.8. The second-order valence-electron chi connectivity index (χ2n) is 16.1. The molecule has 0 bridgehead atoms. The molecule has 8 rings (SSSR count). The van der Waals surface area contributed by atoms with Gasteiger partial charge in [-0.1, -0.05) is 116 Å². The summed E-state index contributed by atoms with van der Waals surface area (Å²) < 4.78 is 5.64. The number of methoxy groups -OCH3 is 1. The fraction of sp³-hybridized carbons (Fsp3) is 0.265. The number of anilines is 4. The van der Waals surface area contributed by atoms with Crippen LogP contribution in [-0.4, -0.2) is 28.6 Å². The van der Waals surface area contributed by atoms with Crippen LogP contribution in [0.3, 0.4) is 0 Å². The molecule has 56 heavy (non-hydrogen) atoms. The number of allylic oxidation sites excluding steroid dienone is 3. The molecular weight excluding hydrogens is 693 g/mol. The van der Waals surface area contributed by atoms with E-state index < -0.39 is 0 Å². The van der Waals surface area contributed by atoms with Gasteiger partial charge in [-0.05, 0) is 93.1 Å². The Morgan fingerprint density at radius 1 is 0.536 bits per heavy atom. The van der Waals surface area contributed by atoms with E-state index in [1.165, 1.54) is 0 Å². The van der Waals surface area contributed by atoms with Gasteiger partial charge in [-0.3, -0.25) is 19.4 Å². The van der Waals surface area contributed by atoms with Crippen LogP contribution < -0.4 is 14.5 Å². The number of para-hydroxylation sites is 2. The van der Waals surface area contributed by atoms with E-state index in [0.717, 1.165) is 55.7 Å². The first kappa shape index (κ1) is 36.9. The lowest BCUT2D eigenvalue weighted by Crippen LogP contribution is -2.26. The smallest absolute Gasteiger partial charge is 0.197 e. The van der Waals surface area contributed by atoms with Gasteiger partial charge in [0.05, 0.1) is 35.1 Å². The Morgan fingerprint density at radius 3 is 1.41 bits per heavy atom. The van der Waals surface area contributed by atoms with Crippen LogP contribution in [0.15, 0.2) is 115 Å². The minimum atomic E-state index is -0.272. The van der Waals surface area contributed by atoms with Crippen LogP contribution in [0.25, 0.3) is 21.8 Å². The summed E-state index contributed by atoms with van der Waals surface area (Å²) in [5.74, 6) is 2.92. The predicted molar refractivity (Wildman–Crippen MR) is 228 cm³/mol. The molecule has 6 aromatic rings. The topological polar surface area (TPSA) is 75.6 Å². The quantitative estimate of drug-likeness (QED) is 0.114. The Balaban J connectivity index is 1.48. The number of aromatic nitrogens is 2. The van der Waals surface area contributed by atoms with Crippen molar-refractivity contribution in [3.8, 4) is 5.75 Å². The number of benzene rings is 5. The number of hydrogen-bond donors (Lipinski definition) is 0. The van der Waals surface area contributed by atoms with Crippen molar-refractivity contribution in [3.05, 3.63) is 148 Å². The van der Waals surface area contributed by atoms with Crippen LogP contribution in [0.5, 0.6) is 5.75 Å². The zero-order chi connectivity index (χ0) is 39.6. The molecule has 2 aliphatic rings. The molecule has 0 amide bonds. The maximum Gasteiger partial charge on any atom is 0.197 e. The summed E-state index contributed by atoms with van der Waals surface area (Å²) in [4.78, 5) is 43.6. The third-order valence-corrected chi connectivity index (χ3v) is 11.1. The van der Waals surface area contributed by atoms with E-state index in [9.17, 15) is 9.59 Å². The fourth-order valence-electron chi connectivity index (χ4n) is 8.21. The van der Waals surface area contributed by atoms with Crippen molar-refractivity contribution in [3.63, 3.8) is 0 Å². The van der Waals surface area contributed by atoms with Gasteiger partial charge in [-0.2, -0.15) is 0 Å². The molecule has 7 nitrogen and oxygen atoms in total. The molecular formula is C49H48N4O3. The molecule has 2 heterocycles. The Hall–Kier alpha value is -6.08. The number of ether oxygens (including phenoxy) is 1. The highest BCUT2D eigenvalue weighted by Crippen LogP contribution is 2.54. The van der Waals surface area contributed by atoms with Crippen molar-refractivity contribution in [2.45, 2.75) is 79.1 Å². The molecule has 0 unspecified atom stereocenters. The zero-order valence-electron chi connectivity index (χ0n) is 33.6. The van der Waals surface area contributed by atoms with Gasteiger partial charge in [0.15, 0.2) is 23.2 Å². The van der Waals surface area contributed by atoms with Crippen LogP contribution in [0.4, 0.5) is 23.0 Å². The van der Waals surface area contributed by atoms with Gasteiger partial charge in [0.1, 0.15) is 11.6 Å². The van der Waals surface area contributed by atoms with Crippen LogP contribution in [0, 0.1) is 0 Å². The number of rotatable bonds is 8. The third kappa shape index (κ3) is 5.97. The number of nitrogens with zero attached hydrogens (tertiary/aromatic N) is 4. The average molecular weight is 741 g/mol. The van der Waals surface area contributed by atoms with E-state index in [-0.39, 0.29) is 40.8 Å². The number of fused-ring (bicyclic) bond motifs is 4. The zero-order valence-corrected chi connectivity index (χ0v) is 33.6. The average Bonchev–Trinajstić information content (AvgIpc) is 3.61. The monoisotopic (exact) mass is 740 g/mol. The first-order valence-electron chi connectivity index (χ1n) is 19.6. The Bertz CT molecular complexity index is 2540. The molecule has 0 N–H and O–H groups in total. The van der Waals surface area contributed by atoms with E-state index in [2.05, 4.69) is 102 Å². The van der Waals surface area contributed by atoms with Crippen LogP contribution in [-0.2, 0) is 0 Å². The van der Waals surface area contributed by atoms with Crippen molar-refractivity contribution in [2.24, 2.45) is 0 Å². The van der Waals surface area contributed by atoms with Crippen molar-refractivity contribution < 1.29 is 14.3 Å². The molecule has 1 aromatic heterocycles. The number of carbonyl (C=O) groups excluding carboxylic acids is 2. The molecule has 0 saturated carbocycles. The van der Waals surface area contributed by atoms with Crippen molar-refractivity contribution in [1.82, 2.24) is 9.97 Å². The fourth-order valence-corrected chi connectivity index (χ4v) is 8.21. The largest absolute Gasteiger partial charge is 0.497 e. The number of ketones is 2. The first-order valence-corrected chi connectivity index (χ1v) is 19.6. The molecule has 0 atom stereocenters. The summed E-state index contributed by atoms with van der Waals surface area (Å²) >= 11 is 0. The molecule has 1 aliphatic heterocycles. The van der Waals surface area contributed by atoms with Crippen molar-refractivity contribution in [1.29, 1.82) is 0 Å². The summed E-state index contributed by atoms with van der Waals surface area (Å²) in [5.41, 5.74) is 9.12. The lowest BCUT2D eigenvalue weighted by molar-refractivity contribution is 0.0988. The highest BCUT2D eigenvalue weighted by atomic mass is 16.5. The Labute approximate surface area is 329 Å². The van der Waals surface area contributed by atoms with Crippen LogP contribution >= 0.6 is 0 Å². The van der Waals surface area contributed by atoms with Crippen molar-refractivity contribution >= 4 is 56.4 Å². The summed E-state index contributed by atoms with van der Waals surface area (Å²) in [5, 5.41) is 1.85. The van der Waals surface area contributed by atoms with Gasteiger partial charge in [0, 0.05) is 17.2 Å². The molecule has 1 aliphatic carbocycles. The van der Waals surface area contributed by atoms with Crippen molar-refractivity contribution in [2.75, 3.05) is 16.9 Å². The number of carbonyl (C=O) groups is 2. The Kier molecular flexibility index (Phi) is 9.36. The minimum Gasteiger partial charge on any atom is -0.497 e. The molecule has 7 heteroatoms. The lowest BCUT2D eigenvalue weighted by atomic mass is 9.91. The summed E-state index contributed by atoms with van der Waals surface area (Å²) in [6.45, 7) is 17.7. The van der Waals surface area contributed by atoms with E-state index in [1.807, 2.05) is 60.7 Å². The highest BCUT2D eigenvalue weighted by molar-refractivity contribution is 6.40. The van der Waals surface area contributed by atoms with Gasteiger partial charge < -0.3 is 4.74 Å². The standard InChI is InChI=1S/C49H48N4O3/c1-27(2)34-16-12-17-35(28(3)4)44(34)52-43(23-21-38-46(54)39-24-31-14-10-11-15-32(31)25-40(39)47(38)55)53(45-36(29(5)6)18-13-19-37(45)30(7)8)49-48(52)50-41-22-20-33(56-9)26-42(41)51-49/h10-30H,1-9H3/b43-23-. The van der Waals surface area contributed by atoms with E-state index >= 15 is 0 Å². The molecule has 0 radical (unpaired) electrons. The summed E-state index contributed by atoms with van der Waals surface area (Å²) in [7, 11) is 1.65. The maximum atomic E-state index is 14.2. The number of hydrogen-bond acceptors (Lipinski definition) is 7. The molecule has 0 spiro atoms. The van der Waals surface area contributed by atoms with Gasteiger partial charge in [-0.15, -0.1) is 0 Å². The minimum absolute atomic E-state index is 0.136. The number of Topliss-reactive ketones (excluding diaryl/α,β-unsaturated/α-hetero) is 2. The van der Waals surface area contributed by atoms with E-state index in [4.69, 9.17) is 14.7 Å². The summed E-state index contributed by atoms with van der Waals surface area (Å²) in [6.07, 6.45) is 3.66. The second-order valence-corrected chi connectivity index (χ2v) is 16.1.